The maximum atomic E-state index is 13.8. The number of carbonyl (C=O) groups is 1. The first kappa shape index (κ1) is 24.8. The molecule has 6 rings (SSSR count). The molecule has 0 aliphatic carbocycles. The van der Waals surface area contributed by atoms with E-state index in [4.69, 9.17) is 0 Å². The molecule has 2 aromatic heterocycles. The minimum atomic E-state index is -4.56. The zero-order chi connectivity index (χ0) is 27.0. The lowest BCUT2D eigenvalue weighted by Crippen LogP contribution is -2.43. The van der Waals surface area contributed by atoms with Gasteiger partial charge in [-0.3, -0.25) is 4.79 Å². The van der Waals surface area contributed by atoms with Crippen molar-refractivity contribution in [2.45, 2.75) is 31.5 Å². The number of rotatable bonds is 5. The highest BCUT2D eigenvalue weighted by Crippen LogP contribution is 2.37. The fourth-order valence-corrected chi connectivity index (χ4v) is 4.85. The molecule has 1 atom stereocenters. The average molecular weight is 532 g/mol. The summed E-state index contributed by atoms with van der Waals surface area (Å²) in [7, 11) is 0. The van der Waals surface area contributed by atoms with E-state index >= 15 is 0 Å². The SMILES string of the molecule is O=C(Nc1ccc(Nc2nn3c(-c4ccccc4C(F)(F)F)nnc3c3ccccc23)cc1)C1CCCCN1. The second kappa shape index (κ2) is 9.99. The second-order valence-corrected chi connectivity index (χ2v) is 9.39. The normalized spacial score (nSPS) is 15.9. The van der Waals surface area contributed by atoms with Gasteiger partial charge in [0, 0.05) is 27.7 Å². The molecular formula is C28H24F3N7O. The van der Waals surface area contributed by atoms with Gasteiger partial charge in [-0.15, -0.1) is 15.3 Å². The number of benzene rings is 3. The zero-order valence-corrected chi connectivity index (χ0v) is 20.7. The molecule has 1 saturated heterocycles. The van der Waals surface area contributed by atoms with Crippen LogP contribution in [0.2, 0.25) is 0 Å². The zero-order valence-electron chi connectivity index (χ0n) is 20.7. The Labute approximate surface area is 221 Å². The molecule has 5 aromatic rings. The molecule has 1 fully saturated rings. The van der Waals surface area contributed by atoms with E-state index in [0.717, 1.165) is 37.3 Å². The van der Waals surface area contributed by atoms with Crippen LogP contribution in [0.1, 0.15) is 24.8 Å². The summed E-state index contributed by atoms with van der Waals surface area (Å²) in [4.78, 5) is 12.5. The number of carbonyl (C=O) groups excluding carboxylic acids is 1. The van der Waals surface area contributed by atoms with Crippen molar-refractivity contribution >= 4 is 39.5 Å². The monoisotopic (exact) mass is 531 g/mol. The molecule has 3 heterocycles. The summed E-state index contributed by atoms with van der Waals surface area (Å²) in [6.45, 7) is 0.835. The third kappa shape index (κ3) is 4.88. The van der Waals surface area contributed by atoms with Crippen LogP contribution in [0.4, 0.5) is 30.4 Å². The van der Waals surface area contributed by atoms with Crippen molar-refractivity contribution in [1.29, 1.82) is 0 Å². The van der Waals surface area contributed by atoms with Crippen molar-refractivity contribution in [3.63, 3.8) is 0 Å². The lowest BCUT2D eigenvalue weighted by Gasteiger charge is -2.22. The Bertz CT molecular complexity index is 1660. The fourth-order valence-electron chi connectivity index (χ4n) is 4.85. The van der Waals surface area contributed by atoms with Gasteiger partial charge < -0.3 is 16.0 Å². The Balaban J connectivity index is 1.35. The number of hydrogen-bond acceptors (Lipinski definition) is 6. The number of hydrogen-bond donors (Lipinski definition) is 3. The minimum absolute atomic E-state index is 0.0129. The van der Waals surface area contributed by atoms with Crippen molar-refractivity contribution in [3.05, 3.63) is 78.4 Å². The summed E-state index contributed by atoms with van der Waals surface area (Å²) in [6, 6.07) is 19.6. The van der Waals surface area contributed by atoms with Gasteiger partial charge in [0.2, 0.25) is 5.91 Å². The molecule has 11 heteroatoms. The van der Waals surface area contributed by atoms with Crippen LogP contribution in [0.25, 0.3) is 27.8 Å². The van der Waals surface area contributed by atoms with Gasteiger partial charge in [0.05, 0.1) is 11.6 Å². The smallest absolute Gasteiger partial charge is 0.338 e. The maximum Gasteiger partial charge on any atom is 0.417 e. The summed E-state index contributed by atoms with van der Waals surface area (Å²) >= 11 is 0. The summed E-state index contributed by atoms with van der Waals surface area (Å²) in [5, 5.41) is 23.7. The van der Waals surface area contributed by atoms with Crippen LogP contribution in [-0.2, 0) is 11.0 Å². The molecule has 3 N–H and O–H groups in total. The maximum absolute atomic E-state index is 13.8. The molecular weight excluding hydrogens is 507 g/mol. The quantitative estimate of drug-likeness (QED) is 0.266. The molecule has 0 radical (unpaired) electrons. The van der Waals surface area contributed by atoms with E-state index in [1.54, 1.807) is 24.3 Å². The summed E-state index contributed by atoms with van der Waals surface area (Å²) in [5.41, 5.74) is 0.767. The molecule has 1 aliphatic rings. The number of aromatic nitrogens is 4. The lowest BCUT2D eigenvalue weighted by molar-refractivity contribution is -0.137. The van der Waals surface area contributed by atoms with E-state index in [1.807, 2.05) is 24.3 Å². The minimum Gasteiger partial charge on any atom is -0.338 e. The van der Waals surface area contributed by atoms with Gasteiger partial charge in [-0.2, -0.15) is 17.7 Å². The summed E-state index contributed by atoms with van der Waals surface area (Å²) in [5.74, 6) is 0.348. The predicted molar refractivity (Wildman–Crippen MR) is 143 cm³/mol. The number of halogens is 3. The van der Waals surface area contributed by atoms with Crippen LogP contribution in [0.3, 0.4) is 0 Å². The molecule has 3 aromatic carbocycles. The van der Waals surface area contributed by atoms with Gasteiger partial charge in [0.1, 0.15) is 0 Å². The van der Waals surface area contributed by atoms with E-state index in [2.05, 4.69) is 31.2 Å². The van der Waals surface area contributed by atoms with Crippen LogP contribution >= 0.6 is 0 Å². The van der Waals surface area contributed by atoms with E-state index in [1.165, 1.54) is 22.7 Å². The molecule has 8 nitrogen and oxygen atoms in total. The Hall–Kier alpha value is -4.51. The number of nitrogens with zero attached hydrogens (tertiary/aromatic N) is 4. The largest absolute Gasteiger partial charge is 0.417 e. The van der Waals surface area contributed by atoms with Gasteiger partial charge in [0.25, 0.3) is 0 Å². The Kier molecular flexibility index (Phi) is 6.35. The molecule has 39 heavy (non-hydrogen) atoms. The standard InChI is InChI=1S/C28H24F3N7O/c29-28(30,31)22-10-4-3-9-21(22)26-36-35-25-20-8-2-1-7-19(20)24(37-38(25)26)33-17-12-14-18(15-13-17)34-27(39)23-11-5-6-16-32-23/h1-4,7-10,12-15,23,32H,5-6,11,16H2,(H,33,37)(H,34,39). The van der Waals surface area contributed by atoms with Gasteiger partial charge >= 0.3 is 6.18 Å². The fraction of sp³-hybridized carbons (Fsp3) is 0.214. The van der Waals surface area contributed by atoms with Crippen LogP contribution in [-0.4, -0.2) is 38.3 Å². The molecule has 0 bridgehead atoms. The second-order valence-electron chi connectivity index (χ2n) is 9.39. The van der Waals surface area contributed by atoms with Crippen molar-refractivity contribution in [2.75, 3.05) is 17.2 Å². The van der Waals surface area contributed by atoms with Crippen LogP contribution in [0, 0.1) is 0 Å². The van der Waals surface area contributed by atoms with Crippen molar-refractivity contribution in [2.24, 2.45) is 0 Å². The number of alkyl halides is 3. The number of nitrogens with one attached hydrogen (secondary N) is 3. The molecule has 1 aliphatic heterocycles. The molecule has 1 amide bonds. The highest BCUT2D eigenvalue weighted by atomic mass is 19.4. The van der Waals surface area contributed by atoms with E-state index in [0.29, 0.717) is 28.2 Å². The molecule has 1 unspecified atom stereocenters. The molecule has 0 spiro atoms. The molecule has 198 valence electrons. The van der Waals surface area contributed by atoms with Gasteiger partial charge in [-0.05, 0) is 49.7 Å². The number of anilines is 3. The van der Waals surface area contributed by atoms with Gasteiger partial charge in [-0.25, -0.2) is 0 Å². The van der Waals surface area contributed by atoms with Gasteiger partial charge in [0.15, 0.2) is 17.3 Å². The van der Waals surface area contributed by atoms with Crippen molar-refractivity contribution in [3.8, 4) is 11.4 Å². The van der Waals surface area contributed by atoms with E-state index in [9.17, 15) is 18.0 Å². The third-order valence-corrected chi connectivity index (χ3v) is 6.78. The number of amides is 1. The first-order chi connectivity index (χ1) is 18.9. The van der Waals surface area contributed by atoms with E-state index < -0.39 is 11.7 Å². The lowest BCUT2D eigenvalue weighted by atomic mass is 10.0. The first-order valence-corrected chi connectivity index (χ1v) is 12.6. The van der Waals surface area contributed by atoms with Crippen LogP contribution in [0.5, 0.6) is 0 Å². The summed E-state index contributed by atoms with van der Waals surface area (Å²) in [6.07, 6.45) is -1.66. The van der Waals surface area contributed by atoms with Crippen molar-refractivity contribution in [1.82, 2.24) is 25.1 Å². The Morgan fingerprint density at radius 3 is 2.36 bits per heavy atom. The average Bonchev–Trinajstić information content (AvgIpc) is 3.38. The molecule has 0 saturated carbocycles. The topological polar surface area (TPSA) is 96.2 Å². The highest BCUT2D eigenvalue weighted by molar-refractivity contribution is 6.01. The van der Waals surface area contributed by atoms with Gasteiger partial charge in [-0.1, -0.05) is 48.9 Å². The summed E-state index contributed by atoms with van der Waals surface area (Å²) < 4.78 is 42.6. The van der Waals surface area contributed by atoms with E-state index in [-0.39, 0.29) is 23.3 Å². The first-order valence-electron chi connectivity index (χ1n) is 12.6. The Morgan fingerprint density at radius 2 is 1.62 bits per heavy atom. The predicted octanol–water partition coefficient (Wildman–Crippen LogP) is 5.79. The number of piperidine rings is 1. The Morgan fingerprint density at radius 1 is 0.897 bits per heavy atom. The third-order valence-electron chi connectivity index (χ3n) is 6.78. The van der Waals surface area contributed by atoms with Crippen molar-refractivity contribution < 1.29 is 18.0 Å². The highest BCUT2D eigenvalue weighted by Gasteiger charge is 2.35. The van der Waals surface area contributed by atoms with Crippen LogP contribution < -0.4 is 16.0 Å². The van der Waals surface area contributed by atoms with Crippen LogP contribution in [0.15, 0.2) is 72.8 Å². The number of fused-ring (bicyclic) bond motifs is 3.